The fraction of sp³-hybridized carbons (Fsp3) is 0.556. The van der Waals surface area contributed by atoms with E-state index in [1.165, 1.54) is 18.4 Å². The van der Waals surface area contributed by atoms with Crippen LogP contribution in [0.3, 0.4) is 0 Å². The zero-order valence-corrected chi connectivity index (χ0v) is 14.1. The smallest absolute Gasteiger partial charge is 0.0775 e. The number of hydrogen-bond acceptors (Lipinski definition) is 5. The van der Waals surface area contributed by atoms with E-state index >= 15 is 0 Å². The Hall–Kier alpha value is -1.92. The molecule has 0 amide bonds. The molecule has 3 unspecified atom stereocenters. The number of rotatable bonds is 5. The number of ether oxygens (including phenoxy) is 1. The lowest BCUT2D eigenvalue weighted by molar-refractivity contribution is -0.0745. The Morgan fingerprint density at radius 1 is 1.33 bits per heavy atom. The Kier molecular flexibility index (Phi) is 4.49. The standard InChI is InChI=1S/C18H25N5O/c1-22-12-14(9-21-22)13-23-7-8-24-18-15(4-5-17(18)23)10-20-16-3-2-6-19-11-16/h2-3,6,9,11-12,15,17-18,20H,4-5,7-8,10,13H2,1H3. The molecular formula is C18H25N5O. The van der Waals surface area contributed by atoms with Gasteiger partial charge in [-0.25, -0.2) is 0 Å². The van der Waals surface area contributed by atoms with Crippen molar-refractivity contribution in [3.8, 4) is 0 Å². The van der Waals surface area contributed by atoms with Crippen LogP contribution in [-0.4, -0.2) is 51.5 Å². The van der Waals surface area contributed by atoms with Gasteiger partial charge >= 0.3 is 0 Å². The monoisotopic (exact) mass is 327 g/mol. The lowest BCUT2D eigenvalue weighted by Gasteiger charge is -2.39. The molecule has 1 saturated carbocycles. The predicted octanol–water partition coefficient (Wildman–Crippen LogP) is 1.91. The summed E-state index contributed by atoms with van der Waals surface area (Å²) in [4.78, 5) is 6.74. The van der Waals surface area contributed by atoms with Gasteiger partial charge in [0, 0.05) is 62.8 Å². The van der Waals surface area contributed by atoms with Crippen LogP contribution in [0.25, 0.3) is 0 Å². The molecule has 3 atom stereocenters. The van der Waals surface area contributed by atoms with Gasteiger partial charge in [0.25, 0.3) is 0 Å². The molecule has 2 aromatic rings. The molecule has 0 bridgehead atoms. The molecule has 1 saturated heterocycles. The van der Waals surface area contributed by atoms with Crippen molar-refractivity contribution in [3.63, 3.8) is 0 Å². The highest BCUT2D eigenvalue weighted by Crippen LogP contribution is 2.35. The number of nitrogens with zero attached hydrogens (tertiary/aromatic N) is 4. The lowest BCUT2D eigenvalue weighted by atomic mass is 10.0. The van der Waals surface area contributed by atoms with Crippen LogP contribution >= 0.6 is 0 Å². The number of fused-ring (bicyclic) bond motifs is 1. The second kappa shape index (κ2) is 6.91. The van der Waals surface area contributed by atoms with E-state index < -0.39 is 0 Å². The first kappa shape index (κ1) is 15.6. The topological polar surface area (TPSA) is 55.2 Å². The van der Waals surface area contributed by atoms with Gasteiger partial charge in [-0.2, -0.15) is 5.10 Å². The van der Waals surface area contributed by atoms with E-state index in [-0.39, 0.29) is 0 Å². The second-order valence-electron chi connectivity index (χ2n) is 6.86. The normalized spacial score (nSPS) is 27.1. The molecule has 0 radical (unpaired) electrons. The fourth-order valence-electron chi connectivity index (χ4n) is 4.06. The minimum Gasteiger partial charge on any atom is -0.383 e. The average molecular weight is 327 g/mol. The number of aryl methyl sites for hydroxylation is 1. The van der Waals surface area contributed by atoms with Gasteiger partial charge < -0.3 is 10.1 Å². The van der Waals surface area contributed by atoms with Crippen LogP contribution in [0.4, 0.5) is 5.69 Å². The molecule has 6 nitrogen and oxygen atoms in total. The summed E-state index contributed by atoms with van der Waals surface area (Å²) in [5, 5.41) is 7.80. The molecule has 2 aromatic heterocycles. The van der Waals surface area contributed by atoms with Gasteiger partial charge in [0.2, 0.25) is 0 Å². The second-order valence-corrected chi connectivity index (χ2v) is 6.86. The maximum absolute atomic E-state index is 6.16. The summed E-state index contributed by atoms with van der Waals surface area (Å²) in [6.45, 7) is 3.76. The number of morpholine rings is 1. The molecule has 0 spiro atoms. The van der Waals surface area contributed by atoms with E-state index in [1.54, 1.807) is 6.20 Å². The largest absolute Gasteiger partial charge is 0.383 e. The van der Waals surface area contributed by atoms with Crippen molar-refractivity contribution in [1.82, 2.24) is 19.7 Å². The summed E-state index contributed by atoms with van der Waals surface area (Å²) >= 11 is 0. The third-order valence-corrected chi connectivity index (χ3v) is 5.21. The highest BCUT2D eigenvalue weighted by molar-refractivity contribution is 5.39. The fourth-order valence-corrected chi connectivity index (χ4v) is 4.06. The molecule has 2 aliphatic rings. The number of anilines is 1. The maximum Gasteiger partial charge on any atom is 0.0775 e. The Balaban J connectivity index is 1.37. The van der Waals surface area contributed by atoms with Crippen molar-refractivity contribution in [1.29, 1.82) is 0 Å². The minimum absolute atomic E-state index is 0.333. The molecule has 2 fully saturated rings. The van der Waals surface area contributed by atoms with Crippen LogP contribution in [0.1, 0.15) is 18.4 Å². The van der Waals surface area contributed by atoms with Crippen LogP contribution < -0.4 is 5.32 Å². The van der Waals surface area contributed by atoms with Crippen LogP contribution in [-0.2, 0) is 18.3 Å². The highest BCUT2D eigenvalue weighted by Gasteiger charge is 2.42. The van der Waals surface area contributed by atoms with Gasteiger partial charge in [0.05, 0.1) is 24.6 Å². The van der Waals surface area contributed by atoms with Crippen molar-refractivity contribution in [2.45, 2.75) is 31.5 Å². The molecular weight excluding hydrogens is 302 g/mol. The lowest BCUT2D eigenvalue weighted by Crippen LogP contribution is -2.50. The average Bonchev–Trinajstić information content (AvgIpc) is 3.21. The summed E-state index contributed by atoms with van der Waals surface area (Å²) in [6, 6.07) is 4.56. The summed E-state index contributed by atoms with van der Waals surface area (Å²) in [5.41, 5.74) is 2.37. The number of hydrogen-bond donors (Lipinski definition) is 1. The van der Waals surface area contributed by atoms with Gasteiger partial charge in [-0.1, -0.05) is 0 Å². The third kappa shape index (κ3) is 3.30. The maximum atomic E-state index is 6.16. The van der Waals surface area contributed by atoms with Crippen molar-refractivity contribution in [2.75, 3.05) is 25.0 Å². The first-order valence-corrected chi connectivity index (χ1v) is 8.76. The molecule has 1 aliphatic carbocycles. The molecule has 4 rings (SSSR count). The molecule has 24 heavy (non-hydrogen) atoms. The van der Waals surface area contributed by atoms with E-state index in [9.17, 15) is 0 Å². The van der Waals surface area contributed by atoms with Crippen LogP contribution in [0, 0.1) is 5.92 Å². The molecule has 1 aliphatic heterocycles. The van der Waals surface area contributed by atoms with Gasteiger partial charge in [-0.05, 0) is 25.0 Å². The first-order valence-electron chi connectivity index (χ1n) is 8.76. The van der Waals surface area contributed by atoms with Crippen LogP contribution in [0.2, 0.25) is 0 Å². The van der Waals surface area contributed by atoms with Gasteiger partial charge in [0.1, 0.15) is 0 Å². The molecule has 0 aromatic carbocycles. The zero-order chi connectivity index (χ0) is 16.4. The minimum atomic E-state index is 0.333. The Labute approximate surface area is 142 Å². The number of pyridine rings is 1. The van der Waals surface area contributed by atoms with Crippen molar-refractivity contribution < 1.29 is 4.74 Å². The molecule has 128 valence electrons. The van der Waals surface area contributed by atoms with Crippen molar-refractivity contribution in [2.24, 2.45) is 13.0 Å². The van der Waals surface area contributed by atoms with E-state index in [0.717, 1.165) is 31.9 Å². The predicted molar refractivity (Wildman–Crippen MR) is 92.6 cm³/mol. The number of aromatic nitrogens is 3. The molecule has 6 heteroatoms. The van der Waals surface area contributed by atoms with E-state index in [0.29, 0.717) is 18.1 Å². The van der Waals surface area contributed by atoms with Gasteiger partial charge in [-0.15, -0.1) is 0 Å². The Morgan fingerprint density at radius 2 is 2.29 bits per heavy atom. The summed E-state index contributed by atoms with van der Waals surface area (Å²) in [7, 11) is 1.97. The molecule has 3 heterocycles. The van der Waals surface area contributed by atoms with Crippen LogP contribution in [0.15, 0.2) is 36.9 Å². The van der Waals surface area contributed by atoms with E-state index in [2.05, 4.69) is 32.6 Å². The number of nitrogens with one attached hydrogen (secondary N) is 1. The van der Waals surface area contributed by atoms with E-state index in [1.807, 2.05) is 30.2 Å². The third-order valence-electron chi connectivity index (χ3n) is 5.21. The quantitative estimate of drug-likeness (QED) is 0.909. The Bertz CT molecular complexity index is 658. The highest BCUT2D eigenvalue weighted by atomic mass is 16.5. The van der Waals surface area contributed by atoms with Crippen molar-refractivity contribution in [3.05, 3.63) is 42.5 Å². The zero-order valence-electron chi connectivity index (χ0n) is 14.1. The summed E-state index contributed by atoms with van der Waals surface area (Å²) in [5.74, 6) is 0.562. The van der Waals surface area contributed by atoms with Gasteiger partial charge in [0.15, 0.2) is 0 Å². The summed E-state index contributed by atoms with van der Waals surface area (Å²) in [6.07, 6.45) is 10.5. The van der Waals surface area contributed by atoms with Gasteiger partial charge in [-0.3, -0.25) is 14.6 Å². The first-order chi connectivity index (χ1) is 11.8. The van der Waals surface area contributed by atoms with Crippen molar-refractivity contribution >= 4 is 5.69 Å². The Morgan fingerprint density at radius 3 is 3.08 bits per heavy atom. The summed E-state index contributed by atoms with van der Waals surface area (Å²) < 4.78 is 8.04. The SMILES string of the molecule is Cn1cc(CN2CCOC3C(CNc4cccnc4)CCC32)cn1. The molecule has 1 N–H and O–H groups in total. The van der Waals surface area contributed by atoms with E-state index in [4.69, 9.17) is 4.74 Å². The van der Waals surface area contributed by atoms with Crippen LogP contribution in [0.5, 0.6) is 0 Å².